The van der Waals surface area contributed by atoms with E-state index in [1.54, 1.807) is 7.11 Å². The van der Waals surface area contributed by atoms with Crippen LogP contribution in [0.25, 0.3) is 0 Å². The van der Waals surface area contributed by atoms with Gasteiger partial charge in [0.25, 0.3) is 0 Å². The van der Waals surface area contributed by atoms with Crippen molar-refractivity contribution in [1.82, 2.24) is 15.1 Å². The molecule has 1 aromatic rings. The molecule has 156 valence electrons. The number of hydrogen-bond acceptors (Lipinski definition) is 4. The number of morpholine rings is 1. The van der Waals surface area contributed by atoms with Crippen molar-refractivity contribution in [2.24, 2.45) is 4.99 Å². The van der Waals surface area contributed by atoms with Gasteiger partial charge in [-0.1, -0.05) is 25.1 Å². The van der Waals surface area contributed by atoms with E-state index in [1.165, 1.54) is 12.0 Å². The SMILES string of the molecule is CN=C(NC1CC1(C)c1ccccc1OC)N1CCC(N2CCOCC2)C1.I. The largest absolute Gasteiger partial charge is 0.496 e. The minimum atomic E-state index is 0. The molecule has 2 heterocycles. The zero-order valence-electron chi connectivity index (χ0n) is 17.2. The van der Waals surface area contributed by atoms with Gasteiger partial charge in [-0.3, -0.25) is 9.89 Å². The molecule has 3 fully saturated rings. The number of aliphatic imine (C=N–C) groups is 1. The molecule has 3 unspecified atom stereocenters. The van der Waals surface area contributed by atoms with E-state index in [2.05, 4.69) is 45.2 Å². The summed E-state index contributed by atoms with van der Waals surface area (Å²) in [6.45, 7) is 8.28. The first-order valence-corrected chi connectivity index (χ1v) is 10.1. The highest BCUT2D eigenvalue weighted by Gasteiger charge is 2.53. The molecule has 3 aliphatic rings. The highest BCUT2D eigenvalue weighted by molar-refractivity contribution is 14.0. The third-order valence-electron chi connectivity index (χ3n) is 6.50. The molecule has 2 saturated heterocycles. The predicted molar refractivity (Wildman–Crippen MR) is 123 cm³/mol. The second-order valence-electron chi connectivity index (χ2n) is 8.10. The zero-order chi connectivity index (χ0) is 18.9. The van der Waals surface area contributed by atoms with E-state index in [0.29, 0.717) is 12.1 Å². The number of ether oxygens (including phenoxy) is 2. The monoisotopic (exact) mass is 500 g/mol. The second-order valence-corrected chi connectivity index (χ2v) is 8.10. The predicted octanol–water partition coefficient (Wildman–Crippen LogP) is 2.33. The van der Waals surface area contributed by atoms with E-state index in [-0.39, 0.29) is 29.4 Å². The molecule has 0 radical (unpaired) electrons. The summed E-state index contributed by atoms with van der Waals surface area (Å²) in [5.41, 5.74) is 1.39. The topological polar surface area (TPSA) is 49.3 Å². The summed E-state index contributed by atoms with van der Waals surface area (Å²) in [7, 11) is 3.65. The molecule has 7 heteroatoms. The van der Waals surface area contributed by atoms with Gasteiger partial charge < -0.3 is 19.7 Å². The number of rotatable bonds is 4. The number of guanidine groups is 1. The van der Waals surface area contributed by atoms with Crippen LogP contribution in [0.4, 0.5) is 0 Å². The van der Waals surface area contributed by atoms with Gasteiger partial charge in [-0.15, -0.1) is 24.0 Å². The normalized spacial score (nSPS) is 30.7. The van der Waals surface area contributed by atoms with Crippen molar-refractivity contribution in [3.05, 3.63) is 29.8 Å². The van der Waals surface area contributed by atoms with Crippen molar-refractivity contribution in [3.8, 4) is 5.75 Å². The average Bonchev–Trinajstić information content (AvgIpc) is 3.14. The van der Waals surface area contributed by atoms with Crippen molar-refractivity contribution in [1.29, 1.82) is 0 Å². The van der Waals surface area contributed by atoms with Crippen LogP contribution in [0.15, 0.2) is 29.3 Å². The number of halogens is 1. The maximum absolute atomic E-state index is 5.59. The van der Waals surface area contributed by atoms with Crippen LogP contribution in [-0.4, -0.2) is 81.4 Å². The van der Waals surface area contributed by atoms with E-state index in [9.17, 15) is 0 Å². The Morgan fingerprint density at radius 2 is 2.00 bits per heavy atom. The molecule has 0 bridgehead atoms. The van der Waals surface area contributed by atoms with Gasteiger partial charge in [0.05, 0.1) is 20.3 Å². The molecule has 28 heavy (non-hydrogen) atoms. The van der Waals surface area contributed by atoms with Crippen molar-refractivity contribution < 1.29 is 9.47 Å². The molecule has 3 atom stereocenters. The zero-order valence-corrected chi connectivity index (χ0v) is 19.5. The van der Waals surface area contributed by atoms with Crippen LogP contribution in [0.2, 0.25) is 0 Å². The van der Waals surface area contributed by atoms with Crippen LogP contribution in [-0.2, 0) is 10.2 Å². The molecule has 4 rings (SSSR count). The minimum absolute atomic E-state index is 0. The Labute approximate surface area is 185 Å². The molecule has 1 N–H and O–H groups in total. The fourth-order valence-electron chi connectivity index (χ4n) is 4.62. The number of benzene rings is 1. The molecule has 2 aliphatic heterocycles. The third-order valence-corrected chi connectivity index (χ3v) is 6.50. The van der Waals surface area contributed by atoms with Gasteiger partial charge in [0, 0.05) is 56.3 Å². The first-order chi connectivity index (χ1) is 13.2. The van der Waals surface area contributed by atoms with Crippen LogP contribution in [0.5, 0.6) is 5.75 Å². The first kappa shape index (κ1) is 21.6. The highest BCUT2D eigenvalue weighted by Crippen LogP contribution is 2.51. The fraction of sp³-hybridized carbons (Fsp3) is 0.667. The van der Waals surface area contributed by atoms with E-state index in [1.807, 2.05) is 13.1 Å². The summed E-state index contributed by atoms with van der Waals surface area (Å²) in [4.78, 5) is 9.58. The van der Waals surface area contributed by atoms with Gasteiger partial charge in [-0.05, 0) is 18.9 Å². The Kier molecular flexibility index (Phi) is 7.09. The van der Waals surface area contributed by atoms with E-state index < -0.39 is 0 Å². The lowest BCUT2D eigenvalue weighted by atomic mass is 9.96. The Bertz CT molecular complexity index is 695. The van der Waals surface area contributed by atoms with Crippen LogP contribution < -0.4 is 10.1 Å². The summed E-state index contributed by atoms with van der Waals surface area (Å²) in [5, 5.41) is 3.72. The Morgan fingerprint density at radius 1 is 1.25 bits per heavy atom. The fourth-order valence-corrected chi connectivity index (χ4v) is 4.62. The summed E-state index contributed by atoms with van der Waals surface area (Å²) in [6.07, 6.45) is 2.31. The first-order valence-electron chi connectivity index (χ1n) is 10.1. The lowest BCUT2D eigenvalue weighted by Crippen LogP contribution is -2.47. The number of likely N-dealkylation sites (tertiary alicyclic amines) is 1. The van der Waals surface area contributed by atoms with E-state index >= 15 is 0 Å². The van der Waals surface area contributed by atoms with Crippen molar-refractivity contribution >= 4 is 29.9 Å². The number of nitrogens with zero attached hydrogens (tertiary/aromatic N) is 3. The lowest BCUT2D eigenvalue weighted by Gasteiger charge is -2.32. The van der Waals surface area contributed by atoms with Crippen LogP contribution >= 0.6 is 24.0 Å². The highest BCUT2D eigenvalue weighted by atomic mass is 127. The van der Waals surface area contributed by atoms with Gasteiger partial charge in [0.2, 0.25) is 0 Å². The molecule has 0 amide bonds. The van der Waals surface area contributed by atoms with Crippen molar-refractivity contribution in [2.75, 3.05) is 53.6 Å². The average molecular weight is 500 g/mol. The minimum Gasteiger partial charge on any atom is -0.496 e. The maximum atomic E-state index is 5.59. The van der Waals surface area contributed by atoms with Gasteiger partial charge in [-0.2, -0.15) is 0 Å². The summed E-state index contributed by atoms with van der Waals surface area (Å²) < 4.78 is 11.1. The smallest absolute Gasteiger partial charge is 0.193 e. The number of para-hydroxylation sites is 1. The van der Waals surface area contributed by atoms with E-state index in [0.717, 1.165) is 57.5 Å². The second kappa shape index (κ2) is 9.17. The lowest BCUT2D eigenvalue weighted by molar-refractivity contribution is 0.0195. The molecule has 0 aromatic heterocycles. The maximum Gasteiger partial charge on any atom is 0.193 e. The van der Waals surface area contributed by atoms with Crippen LogP contribution in [0, 0.1) is 0 Å². The van der Waals surface area contributed by atoms with E-state index in [4.69, 9.17) is 9.47 Å². The van der Waals surface area contributed by atoms with Crippen molar-refractivity contribution in [2.45, 2.75) is 37.3 Å². The van der Waals surface area contributed by atoms with Crippen LogP contribution in [0.1, 0.15) is 25.3 Å². The summed E-state index contributed by atoms with van der Waals surface area (Å²) in [6, 6.07) is 9.39. The molecular weight excluding hydrogens is 467 g/mol. The molecule has 0 spiro atoms. The molecule has 1 saturated carbocycles. The third kappa shape index (κ3) is 4.26. The number of hydrogen-bond donors (Lipinski definition) is 1. The molecule has 6 nitrogen and oxygen atoms in total. The van der Waals surface area contributed by atoms with Gasteiger partial charge in [0.1, 0.15) is 5.75 Å². The number of nitrogens with one attached hydrogen (secondary N) is 1. The van der Waals surface area contributed by atoms with Gasteiger partial charge in [0.15, 0.2) is 5.96 Å². The Balaban J connectivity index is 0.00000225. The standard InChI is InChI=1S/C21H32N4O2.HI/c1-21(17-6-4-5-7-18(17)26-3)14-19(21)23-20(22-2)25-9-8-16(15-25)24-10-12-27-13-11-24;/h4-7,16,19H,8-15H2,1-3H3,(H,22,23);1H. The van der Waals surface area contributed by atoms with Gasteiger partial charge >= 0.3 is 0 Å². The summed E-state index contributed by atoms with van der Waals surface area (Å²) in [5.74, 6) is 2.02. The van der Waals surface area contributed by atoms with Crippen molar-refractivity contribution in [3.63, 3.8) is 0 Å². The quantitative estimate of drug-likeness (QED) is 0.391. The molecular formula is C21H33IN4O2. The molecule has 1 aromatic carbocycles. The number of methoxy groups -OCH3 is 1. The Hall–Kier alpha value is -1.06. The Morgan fingerprint density at radius 3 is 2.71 bits per heavy atom. The van der Waals surface area contributed by atoms with Crippen LogP contribution in [0.3, 0.4) is 0 Å². The molecule has 1 aliphatic carbocycles. The summed E-state index contributed by atoms with van der Waals surface area (Å²) >= 11 is 0. The van der Waals surface area contributed by atoms with Gasteiger partial charge in [-0.25, -0.2) is 0 Å².